The van der Waals surface area contributed by atoms with Gasteiger partial charge in [-0.2, -0.15) is 0 Å². The highest BCUT2D eigenvalue weighted by atomic mass is 31.2. The largest absolute Gasteiger partial charge is 0.472 e. The fourth-order valence-corrected chi connectivity index (χ4v) is 4.81. The number of allylic oxidation sites excluding steroid dienone is 8. The Balaban J connectivity index is 3.84. The zero-order valence-corrected chi connectivity index (χ0v) is 28.5. The van der Waals surface area contributed by atoms with Crippen molar-refractivity contribution >= 4 is 19.8 Å². The summed E-state index contributed by atoms with van der Waals surface area (Å²) in [4.78, 5) is 33.4. The molecule has 10 nitrogen and oxygen atoms in total. The Bertz CT molecular complexity index is 899. The number of phosphoric ester groups is 1. The van der Waals surface area contributed by atoms with E-state index in [4.69, 9.17) is 18.5 Å². The van der Waals surface area contributed by atoms with Gasteiger partial charge in [-0.25, -0.2) is 4.57 Å². The van der Waals surface area contributed by atoms with Crippen molar-refractivity contribution in [2.75, 3.05) is 26.4 Å². The number of aliphatic hydroxyl groups excluding tert-OH is 2. The van der Waals surface area contributed by atoms with E-state index in [-0.39, 0.29) is 12.8 Å². The van der Waals surface area contributed by atoms with Crippen LogP contribution in [0.15, 0.2) is 48.6 Å². The van der Waals surface area contributed by atoms with Gasteiger partial charge in [0.15, 0.2) is 0 Å². The van der Waals surface area contributed by atoms with Crippen molar-refractivity contribution in [1.82, 2.24) is 0 Å². The van der Waals surface area contributed by atoms with Crippen LogP contribution in [0.3, 0.4) is 0 Å². The van der Waals surface area contributed by atoms with Crippen molar-refractivity contribution < 1.29 is 47.8 Å². The molecule has 0 amide bonds. The minimum absolute atomic E-state index is 0.140. The lowest BCUT2D eigenvalue weighted by Gasteiger charge is -2.20. The summed E-state index contributed by atoms with van der Waals surface area (Å²) in [6.07, 6.45) is 30.0. The summed E-state index contributed by atoms with van der Waals surface area (Å²) >= 11 is 0. The highest BCUT2D eigenvalue weighted by Gasteiger charge is 2.27. The van der Waals surface area contributed by atoms with Crippen LogP contribution in [0.2, 0.25) is 0 Å². The number of phosphoric acid groups is 1. The van der Waals surface area contributed by atoms with E-state index in [1.807, 2.05) is 0 Å². The van der Waals surface area contributed by atoms with Crippen molar-refractivity contribution in [3.63, 3.8) is 0 Å². The second kappa shape index (κ2) is 30.6. The Kier molecular flexibility index (Phi) is 29.2. The molecular formula is C34H59O10P. The Morgan fingerprint density at radius 2 is 1.04 bits per heavy atom. The topological polar surface area (TPSA) is 149 Å². The SMILES string of the molecule is CC/C=C\C/C=C\C/C=C\C/C=C\CCCCCCCCCCC(=O)OC(CO)COP(=O)(O)OCC(CO)OC(=O)CCC. The van der Waals surface area contributed by atoms with Crippen LogP contribution >= 0.6 is 7.82 Å². The number of aliphatic hydroxyl groups is 2. The first-order valence-electron chi connectivity index (χ1n) is 16.6. The fourth-order valence-electron chi connectivity index (χ4n) is 4.02. The maximum Gasteiger partial charge on any atom is 0.472 e. The van der Waals surface area contributed by atoms with E-state index in [0.29, 0.717) is 12.8 Å². The van der Waals surface area contributed by atoms with Crippen LogP contribution in [0.1, 0.15) is 117 Å². The van der Waals surface area contributed by atoms with Crippen LogP contribution in [0.5, 0.6) is 0 Å². The average molecular weight is 659 g/mol. The van der Waals surface area contributed by atoms with E-state index < -0.39 is 58.4 Å². The molecule has 11 heteroatoms. The Morgan fingerprint density at radius 1 is 0.622 bits per heavy atom. The van der Waals surface area contributed by atoms with E-state index in [0.717, 1.165) is 51.4 Å². The van der Waals surface area contributed by atoms with Crippen molar-refractivity contribution in [2.45, 2.75) is 129 Å². The van der Waals surface area contributed by atoms with Gasteiger partial charge in [0, 0.05) is 12.8 Å². The highest BCUT2D eigenvalue weighted by Crippen LogP contribution is 2.43. The minimum atomic E-state index is -4.60. The van der Waals surface area contributed by atoms with E-state index in [1.165, 1.54) is 25.7 Å². The van der Waals surface area contributed by atoms with E-state index >= 15 is 0 Å². The molecule has 0 bridgehead atoms. The van der Waals surface area contributed by atoms with Gasteiger partial charge >= 0.3 is 19.8 Å². The summed E-state index contributed by atoms with van der Waals surface area (Å²) < 4.78 is 31.7. The summed E-state index contributed by atoms with van der Waals surface area (Å²) in [5.74, 6) is -1.09. The second-order valence-electron chi connectivity index (χ2n) is 10.8. The number of unbranched alkanes of at least 4 members (excludes halogenated alkanes) is 8. The van der Waals surface area contributed by atoms with Crippen LogP contribution in [-0.2, 0) is 32.7 Å². The van der Waals surface area contributed by atoms with Crippen LogP contribution in [-0.4, -0.2) is 65.7 Å². The van der Waals surface area contributed by atoms with Gasteiger partial charge in [-0.1, -0.05) is 101 Å². The van der Waals surface area contributed by atoms with Gasteiger partial charge in [0.05, 0.1) is 26.4 Å². The number of carbonyl (C=O) groups excluding carboxylic acids is 2. The Morgan fingerprint density at radius 3 is 1.51 bits per heavy atom. The summed E-state index contributed by atoms with van der Waals surface area (Å²) in [5, 5.41) is 18.7. The molecule has 0 aliphatic rings. The molecule has 0 aromatic carbocycles. The van der Waals surface area contributed by atoms with Gasteiger partial charge < -0.3 is 24.6 Å². The van der Waals surface area contributed by atoms with Crippen LogP contribution in [0.25, 0.3) is 0 Å². The smallest absolute Gasteiger partial charge is 0.457 e. The maximum atomic E-state index is 12.1. The van der Waals surface area contributed by atoms with Crippen molar-refractivity contribution in [2.24, 2.45) is 0 Å². The third-order valence-corrected chi connectivity index (χ3v) is 7.48. The molecule has 3 unspecified atom stereocenters. The molecule has 0 heterocycles. The van der Waals surface area contributed by atoms with Gasteiger partial charge in [0.1, 0.15) is 12.2 Å². The monoisotopic (exact) mass is 658 g/mol. The van der Waals surface area contributed by atoms with Gasteiger partial charge in [-0.05, 0) is 51.4 Å². The van der Waals surface area contributed by atoms with Crippen molar-refractivity contribution in [3.8, 4) is 0 Å². The number of carbonyl (C=O) groups is 2. The van der Waals surface area contributed by atoms with Gasteiger partial charge in [0.25, 0.3) is 0 Å². The zero-order chi connectivity index (χ0) is 33.4. The first kappa shape index (κ1) is 42.9. The normalized spacial score (nSPS) is 14.9. The third kappa shape index (κ3) is 29.1. The van der Waals surface area contributed by atoms with Gasteiger partial charge in [-0.15, -0.1) is 0 Å². The van der Waals surface area contributed by atoms with Crippen molar-refractivity contribution in [1.29, 1.82) is 0 Å². The number of esters is 2. The lowest BCUT2D eigenvalue weighted by atomic mass is 10.1. The highest BCUT2D eigenvalue weighted by molar-refractivity contribution is 7.47. The molecule has 0 rings (SSSR count). The molecule has 3 atom stereocenters. The summed E-state index contributed by atoms with van der Waals surface area (Å²) in [6, 6.07) is 0. The predicted octanol–water partition coefficient (Wildman–Crippen LogP) is 7.43. The molecule has 45 heavy (non-hydrogen) atoms. The number of rotatable bonds is 30. The predicted molar refractivity (Wildman–Crippen MR) is 177 cm³/mol. The molecular weight excluding hydrogens is 599 g/mol. The lowest BCUT2D eigenvalue weighted by Crippen LogP contribution is -2.28. The standard InChI is InChI=1S/C34H59O10P/c1-3-5-6-7-8-9-10-11-12-13-14-15-16-17-18-19-20-21-22-23-24-26-34(38)44-32(28-36)30-42-45(39,40)41-29-31(27-35)43-33(37)25-4-2/h5-6,8-9,11-12,14-15,31-32,35-36H,3-4,7,10,13,16-30H2,1-2H3,(H,39,40)/b6-5-,9-8-,12-11-,15-14-. The van der Waals surface area contributed by atoms with Crippen LogP contribution in [0, 0.1) is 0 Å². The number of hydrogen-bond acceptors (Lipinski definition) is 9. The lowest BCUT2D eigenvalue weighted by molar-refractivity contribution is -0.153. The summed E-state index contributed by atoms with van der Waals surface area (Å²) in [5.41, 5.74) is 0. The Hall–Kier alpha value is -2.07. The van der Waals surface area contributed by atoms with Gasteiger partial charge in [-0.3, -0.25) is 18.6 Å². The van der Waals surface area contributed by atoms with E-state index in [9.17, 15) is 29.3 Å². The fraction of sp³-hybridized carbons (Fsp3) is 0.706. The van der Waals surface area contributed by atoms with E-state index in [2.05, 4.69) is 55.5 Å². The molecule has 0 saturated heterocycles. The molecule has 0 aromatic heterocycles. The third-order valence-electron chi connectivity index (χ3n) is 6.53. The number of ether oxygens (including phenoxy) is 2. The van der Waals surface area contributed by atoms with Gasteiger partial charge in [0.2, 0.25) is 0 Å². The van der Waals surface area contributed by atoms with E-state index in [1.54, 1.807) is 6.92 Å². The molecule has 0 aliphatic carbocycles. The molecule has 260 valence electrons. The van der Waals surface area contributed by atoms with Crippen molar-refractivity contribution in [3.05, 3.63) is 48.6 Å². The second-order valence-corrected chi connectivity index (χ2v) is 12.2. The zero-order valence-electron chi connectivity index (χ0n) is 27.6. The number of hydrogen-bond donors (Lipinski definition) is 3. The summed E-state index contributed by atoms with van der Waals surface area (Å²) in [6.45, 7) is 1.61. The first-order valence-corrected chi connectivity index (χ1v) is 18.1. The molecule has 0 saturated carbocycles. The first-order chi connectivity index (χ1) is 21.8. The summed E-state index contributed by atoms with van der Waals surface area (Å²) in [7, 11) is -4.60. The maximum absolute atomic E-state index is 12.1. The molecule has 3 N–H and O–H groups in total. The molecule has 0 aromatic rings. The van der Waals surface area contributed by atoms with Crippen LogP contribution < -0.4 is 0 Å². The molecule has 0 spiro atoms. The minimum Gasteiger partial charge on any atom is -0.457 e. The van der Waals surface area contributed by atoms with Crippen LogP contribution in [0.4, 0.5) is 0 Å². The molecule has 0 fully saturated rings. The molecule has 0 aliphatic heterocycles. The Labute approximate surface area is 271 Å². The molecule has 0 radical (unpaired) electrons. The average Bonchev–Trinajstić information content (AvgIpc) is 3.02. The quantitative estimate of drug-likeness (QED) is 0.0308.